The van der Waals surface area contributed by atoms with Crippen molar-refractivity contribution >= 4 is 17.4 Å². The van der Waals surface area contributed by atoms with E-state index in [1.165, 1.54) is 18.5 Å². The van der Waals surface area contributed by atoms with Gasteiger partial charge in [0.05, 0.1) is 12.4 Å². The lowest BCUT2D eigenvalue weighted by Gasteiger charge is -2.27. The van der Waals surface area contributed by atoms with E-state index in [1.807, 2.05) is 49.1 Å². The highest BCUT2D eigenvalue weighted by Crippen LogP contribution is 2.20. The summed E-state index contributed by atoms with van der Waals surface area (Å²) in [7, 11) is 0. The Morgan fingerprint density at radius 1 is 1.00 bits per heavy atom. The molecule has 2 aromatic carbocycles. The van der Waals surface area contributed by atoms with Crippen molar-refractivity contribution in [3.63, 3.8) is 0 Å². The van der Waals surface area contributed by atoms with Crippen molar-refractivity contribution in [2.45, 2.75) is 26.4 Å². The number of hydrogen-bond donors (Lipinski definition) is 1. The lowest BCUT2D eigenvalue weighted by molar-refractivity contribution is 0.102. The summed E-state index contributed by atoms with van der Waals surface area (Å²) in [6, 6.07) is 13.4. The minimum absolute atomic E-state index is 0.0326. The van der Waals surface area contributed by atoms with E-state index in [0.717, 1.165) is 17.7 Å². The first-order chi connectivity index (χ1) is 13.5. The Labute approximate surface area is 162 Å². The molecule has 28 heavy (non-hydrogen) atoms. The molecule has 0 radical (unpaired) electrons. The van der Waals surface area contributed by atoms with Gasteiger partial charge in [-0.05, 0) is 31.5 Å². The van der Waals surface area contributed by atoms with E-state index in [-0.39, 0.29) is 11.7 Å². The molecule has 0 aliphatic heterocycles. The molecule has 3 aromatic rings. The molecule has 5 nitrogen and oxygen atoms in total. The zero-order chi connectivity index (χ0) is 20.1. The lowest BCUT2D eigenvalue weighted by Crippen LogP contribution is -2.31. The number of anilines is 2. The van der Waals surface area contributed by atoms with E-state index in [1.54, 1.807) is 0 Å². The zero-order valence-corrected chi connectivity index (χ0v) is 15.6. The Bertz CT molecular complexity index is 926. The van der Waals surface area contributed by atoms with Gasteiger partial charge in [-0.15, -0.1) is 0 Å². The Hall–Kier alpha value is -3.35. The van der Waals surface area contributed by atoms with Crippen LogP contribution in [-0.4, -0.2) is 21.9 Å². The summed E-state index contributed by atoms with van der Waals surface area (Å²) >= 11 is 0. The maximum atomic E-state index is 13.7. The molecule has 1 amide bonds. The second-order valence-corrected chi connectivity index (χ2v) is 6.52. The maximum Gasteiger partial charge on any atom is 0.276 e. The molecule has 3 rings (SSSR count). The molecular weight excluding hydrogens is 362 g/mol. The van der Waals surface area contributed by atoms with Crippen molar-refractivity contribution < 1.29 is 13.6 Å². The van der Waals surface area contributed by atoms with Gasteiger partial charge in [0.15, 0.2) is 0 Å². The maximum absolute atomic E-state index is 13.7. The number of nitrogens with zero attached hydrogens (tertiary/aromatic N) is 3. The molecule has 1 aromatic heterocycles. The third-order valence-electron chi connectivity index (χ3n) is 4.19. The van der Waals surface area contributed by atoms with Crippen LogP contribution in [0.2, 0.25) is 0 Å². The van der Waals surface area contributed by atoms with Gasteiger partial charge in [-0.3, -0.25) is 4.79 Å². The second kappa shape index (κ2) is 8.56. The molecule has 0 unspecified atom stereocenters. The van der Waals surface area contributed by atoms with Crippen LogP contribution in [0.1, 0.15) is 29.9 Å². The molecule has 0 atom stereocenters. The molecule has 0 aliphatic rings. The van der Waals surface area contributed by atoms with Gasteiger partial charge in [-0.25, -0.2) is 18.7 Å². The summed E-state index contributed by atoms with van der Waals surface area (Å²) in [5.74, 6) is -1.84. The highest BCUT2D eigenvalue weighted by atomic mass is 19.1. The summed E-state index contributed by atoms with van der Waals surface area (Å²) < 4.78 is 27.4. The third-order valence-corrected chi connectivity index (χ3v) is 4.19. The van der Waals surface area contributed by atoms with E-state index < -0.39 is 23.2 Å². The number of rotatable bonds is 6. The van der Waals surface area contributed by atoms with Gasteiger partial charge in [0, 0.05) is 12.6 Å². The number of aromatic nitrogens is 2. The molecule has 1 N–H and O–H groups in total. The number of para-hydroxylation sites is 1. The predicted molar refractivity (Wildman–Crippen MR) is 104 cm³/mol. The normalized spacial score (nSPS) is 10.8. The monoisotopic (exact) mass is 382 g/mol. The van der Waals surface area contributed by atoms with Crippen molar-refractivity contribution in [2.75, 3.05) is 10.2 Å². The fraction of sp³-hybridized carbons (Fsp3) is 0.190. The summed E-state index contributed by atoms with van der Waals surface area (Å²) in [5.41, 5.74) is 0.580. The number of benzene rings is 2. The Morgan fingerprint density at radius 3 is 2.25 bits per heavy atom. The molecule has 0 saturated heterocycles. The molecule has 0 bridgehead atoms. The number of carbonyl (C=O) groups excluding carboxylic acids is 1. The fourth-order valence-corrected chi connectivity index (χ4v) is 2.69. The summed E-state index contributed by atoms with van der Waals surface area (Å²) in [5, 5.41) is 2.20. The largest absolute Gasteiger partial charge is 0.349 e. The van der Waals surface area contributed by atoms with Crippen molar-refractivity contribution in [1.82, 2.24) is 9.97 Å². The van der Waals surface area contributed by atoms with Crippen LogP contribution in [0.4, 0.5) is 20.3 Å². The molecule has 0 saturated carbocycles. The number of carbonyl (C=O) groups is 1. The molecule has 0 spiro atoms. The van der Waals surface area contributed by atoms with Crippen LogP contribution in [-0.2, 0) is 6.54 Å². The first kappa shape index (κ1) is 19.4. The van der Waals surface area contributed by atoms with Gasteiger partial charge in [0.1, 0.15) is 28.8 Å². The van der Waals surface area contributed by atoms with Crippen molar-refractivity contribution in [3.8, 4) is 0 Å². The average Bonchev–Trinajstić information content (AvgIpc) is 2.69. The van der Waals surface area contributed by atoms with E-state index in [9.17, 15) is 13.6 Å². The topological polar surface area (TPSA) is 58.1 Å². The molecular formula is C21H20F2N4O. The molecule has 144 valence electrons. The van der Waals surface area contributed by atoms with Crippen molar-refractivity contribution in [3.05, 3.63) is 83.8 Å². The van der Waals surface area contributed by atoms with Crippen LogP contribution in [0.25, 0.3) is 0 Å². The summed E-state index contributed by atoms with van der Waals surface area (Å²) in [6.07, 6.45) is 2.78. The highest BCUT2D eigenvalue weighted by molar-refractivity contribution is 6.02. The van der Waals surface area contributed by atoms with Crippen molar-refractivity contribution in [2.24, 2.45) is 0 Å². The van der Waals surface area contributed by atoms with Gasteiger partial charge in [0.25, 0.3) is 5.91 Å². The number of halogens is 2. The Morgan fingerprint density at radius 2 is 1.68 bits per heavy atom. The van der Waals surface area contributed by atoms with E-state index in [0.29, 0.717) is 12.4 Å². The van der Waals surface area contributed by atoms with E-state index in [4.69, 9.17) is 0 Å². The zero-order valence-electron chi connectivity index (χ0n) is 15.6. The van der Waals surface area contributed by atoms with Crippen LogP contribution < -0.4 is 10.2 Å². The fourth-order valence-electron chi connectivity index (χ4n) is 2.69. The molecule has 7 heteroatoms. The summed E-state index contributed by atoms with van der Waals surface area (Å²) in [4.78, 5) is 22.7. The van der Waals surface area contributed by atoms with E-state index in [2.05, 4.69) is 15.3 Å². The van der Waals surface area contributed by atoms with Crippen molar-refractivity contribution in [1.29, 1.82) is 0 Å². The van der Waals surface area contributed by atoms with Gasteiger partial charge in [-0.1, -0.05) is 36.4 Å². The number of amides is 1. The van der Waals surface area contributed by atoms with Crippen LogP contribution in [0.5, 0.6) is 0 Å². The highest BCUT2D eigenvalue weighted by Gasteiger charge is 2.17. The van der Waals surface area contributed by atoms with Crippen LogP contribution >= 0.6 is 0 Å². The van der Waals surface area contributed by atoms with Crippen LogP contribution in [0.3, 0.4) is 0 Å². The van der Waals surface area contributed by atoms with Gasteiger partial charge >= 0.3 is 0 Å². The van der Waals surface area contributed by atoms with Crippen LogP contribution in [0, 0.1) is 11.6 Å². The predicted octanol–water partition coefficient (Wildman–Crippen LogP) is 4.42. The molecule has 1 heterocycles. The van der Waals surface area contributed by atoms with Gasteiger partial charge < -0.3 is 10.2 Å². The van der Waals surface area contributed by atoms with E-state index >= 15 is 0 Å². The smallest absolute Gasteiger partial charge is 0.276 e. The summed E-state index contributed by atoms with van der Waals surface area (Å²) in [6.45, 7) is 4.71. The standard InChI is InChI=1S/C21H20F2N4O/c1-14(2)27(13-15-7-4-3-5-8-15)19-12-24-18(11-25-19)21(28)26-20-16(22)9-6-10-17(20)23/h3-12,14H,13H2,1-2H3,(H,26,28). The molecule has 0 fully saturated rings. The van der Waals surface area contributed by atoms with Gasteiger partial charge in [0.2, 0.25) is 0 Å². The lowest BCUT2D eigenvalue weighted by atomic mass is 10.2. The number of nitrogens with one attached hydrogen (secondary N) is 1. The quantitative estimate of drug-likeness (QED) is 0.686. The first-order valence-electron chi connectivity index (χ1n) is 8.83. The third kappa shape index (κ3) is 4.49. The second-order valence-electron chi connectivity index (χ2n) is 6.52. The first-order valence-corrected chi connectivity index (χ1v) is 8.83. The number of hydrogen-bond acceptors (Lipinski definition) is 4. The average molecular weight is 382 g/mol. The van der Waals surface area contributed by atoms with Crippen LogP contribution in [0.15, 0.2) is 60.9 Å². The minimum atomic E-state index is -0.855. The Balaban J connectivity index is 1.77. The minimum Gasteiger partial charge on any atom is -0.349 e. The SMILES string of the molecule is CC(C)N(Cc1ccccc1)c1cnc(C(=O)Nc2c(F)cccc2F)cn1. The van der Waals surface area contributed by atoms with Gasteiger partial charge in [-0.2, -0.15) is 0 Å². The Kier molecular flexibility index (Phi) is 5.93. The molecule has 0 aliphatic carbocycles.